The molecule has 5 heteroatoms. The third-order valence-electron chi connectivity index (χ3n) is 5.36. The van der Waals surface area contributed by atoms with E-state index >= 15 is 0 Å². The minimum atomic E-state index is -0.814. The van der Waals surface area contributed by atoms with Crippen LogP contribution in [0.4, 0.5) is 0 Å². The zero-order valence-electron chi connectivity index (χ0n) is 16.0. The molecule has 1 saturated carbocycles. The van der Waals surface area contributed by atoms with Gasteiger partial charge >= 0.3 is 5.97 Å². The first-order chi connectivity index (χ1) is 13.6. The molecule has 0 bridgehead atoms. The minimum absolute atomic E-state index is 0.106. The van der Waals surface area contributed by atoms with Gasteiger partial charge in [0.1, 0.15) is 5.75 Å². The number of carbonyl (C=O) groups excluding carboxylic acids is 1. The minimum Gasteiger partial charge on any atom is -0.494 e. The van der Waals surface area contributed by atoms with Gasteiger partial charge in [-0.15, -0.1) is 0 Å². The fourth-order valence-electron chi connectivity index (χ4n) is 3.56. The number of rotatable bonds is 10. The number of ether oxygens (including phenoxy) is 1. The number of amides is 1. The van der Waals surface area contributed by atoms with Gasteiger partial charge in [-0.2, -0.15) is 0 Å². The summed E-state index contributed by atoms with van der Waals surface area (Å²) in [4.78, 5) is 23.3. The Morgan fingerprint density at radius 3 is 2.32 bits per heavy atom. The van der Waals surface area contributed by atoms with Gasteiger partial charge in [0, 0.05) is 13.0 Å². The largest absolute Gasteiger partial charge is 0.494 e. The van der Waals surface area contributed by atoms with E-state index in [2.05, 4.69) is 17.4 Å². The van der Waals surface area contributed by atoms with Gasteiger partial charge in [-0.3, -0.25) is 9.59 Å². The first-order valence-corrected chi connectivity index (χ1v) is 9.83. The van der Waals surface area contributed by atoms with Crippen LogP contribution >= 0.6 is 0 Å². The highest BCUT2D eigenvalue weighted by atomic mass is 16.5. The van der Waals surface area contributed by atoms with Crippen molar-refractivity contribution in [3.8, 4) is 5.75 Å². The van der Waals surface area contributed by atoms with E-state index in [0.717, 1.165) is 31.2 Å². The molecule has 0 spiro atoms. The quantitative estimate of drug-likeness (QED) is 0.611. The summed E-state index contributed by atoms with van der Waals surface area (Å²) in [7, 11) is 0. The first-order valence-electron chi connectivity index (χ1n) is 9.83. The van der Waals surface area contributed by atoms with E-state index < -0.39 is 5.97 Å². The molecule has 0 radical (unpaired) electrons. The molecule has 0 aromatic heterocycles. The fraction of sp³-hybridized carbons (Fsp3) is 0.391. The summed E-state index contributed by atoms with van der Waals surface area (Å²) >= 11 is 0. The topological polar surface area (TPSA) is 75.6 Å². The molecule has 28 heavy (non-hydrogen) atoms. The monoisotopic (exact) mass is 381 g/mol. The van der Waals surface area contributed by atoms with E-state index in [9.17, 15) is 9.59 Å². The van der Waals surface area contributed by atoms with Gasteiger partial charge in [-0.1, -0.05) is 48.9 Å². The Bertz CT molecular complexity index is 782. The van der Waals surface area contributed by atoms with E-state index in [1.165, 1.54) is 5.56 Å². The van der Waals surface area contributed by atoms with E-state index in [1.807, 2.05) is 42.5 Å². The standard InChI is InChI=1S/C23H27NO4/c25-21(26)8-4-15-28-20-11-9-19(10-12-20)17-24-22(27)23(13-5-14-23)16-18-6-2-1-3-7-18/h1-3,6-7,9-12H,4-5,8,13-17H2,(H,24,27)(H,25,26). The number of carboxylic acids is 1. The summed E-state index contributed by atoms with van der Waals surface area (Å²) in [5.74, 6) is 0.0304. The van der Waals surface area contributed by atoms with Crippen molar-refractivity contribution in [2.45, 2.75) is 45.1 Å². The van der Waals surface area contributed by atoms with Crippen molar-refractivity contribution in [3.05, 3.63) is 65.7 Å². The lowest BCUT2D eigenvalue weighted by Crippen LogP contribution is -2.46. The molecule has 2 N–H and O–H groups in total. The molecule has 5 nitrogen and oxygen atoms in total. The van der Waals surface area contributed by atoms with Gasteiger partial charge in [-0.05, 0) is 48.9 Å². The van der Waals surface area contributed by atoms with Crippen LogP contribution in [-0.4, -0.2) is 23.6 Å². The van der Waals surface area contributed by atoms with Crippen LogP contribution in [0.25, 0.3) is 0 Å². The Labute approximate surface area is 165 Å². The Kier molecular flexibility index (Phi) is 6.69. The Hall–Kier alpha value is -2.82. The highest BCUT2D eigenvalue weighted by Crippen LogP contribution is 2.44. The zero-order chi connectivity index (χ0) is 19.8. The molecule has 2 aromatic carbocycles. The van der Waals surface area contributed by atoms with Crippen LogP contribution in [-0.2, 0) is 22.6 Å². The second-order valence-electron chi connectivity index (χ2n) is 7.47. The molecule has 1 amide bonds. The molecule has 0 unspecified atom stereocenters. The van der Waals surface area contributed by atoms with Crippen molar-refractivity contribution in [1.82, 2.24) is 5.32 Å². The Morgan fingerprint density at radius 2 is 1.71 bits per heavy atom. The summed E-state index contributed by atoms with van der Waals surface area (Å²) in [5.41, 5.74) is 1.95. The number of hydrogen-bond donors (Lipinski definition) is 2. The molecule has 2 aromatic rings. The lowest BCUT2D eigenvalue weighted by molar-refractivity contribution is -0.137. The third-order valence-corrected chi connectivity index (χ3v) is 5.36. The lowest BCUT2D eigenvalue weighted by Gasteiger charge is -2.40. The van der Waals surface area contributed by atoms with Crippen molar-refractivity contribution in [3.63, 3.8) is 0 Å². The van der Waals surface area contributed by atoms with Crippen LogP contribution in [0.2, 0.25) is 0 Å². The van der Waals surface area contributed by atoms with Crippen LogP contribution in [0.1, 0.15) is 43.2 Å². The van der Waals surface area contributed by atoms with Crippen LogP contribution < -0.4 is 10.1 Å². The molecule has 1 aliphatic carbocycles. The van der Waals surface area contributed by atoms with Crippen LogP contribution in [0.5, 0.6) is 5.75 Å². The van der Waals surface area contributed by atoms with Gasteiger partial charge in [0.05, 0.1) is 12.0 Å². The molecule has 1 fully saturated rings. The van der Waals surface area contributed by atoms with Gasteiger partial charge in [0.15, 0.2) is 0 Å². The zero-order valence-corrected chi connectivity index (χ0v) is 16.0. The predicted octanol–water partition coefficient (Wildman–Crippen LogP) is 3.96. The number of aliphatic carboxylic acids is 1. The maximum absolute atomic E-state index is 12.8. The maximum atomic E-state index is 12.8. The molecular weight excluding hydrogens is 354 g/mol. The van der Waals surface area contributed by atoms with E-state index in [0.29, 0.717) is 25.3 Å². The van der Waals surface area contributed by atoms with Gasteiger partial charge in [0.25, 0.3) is 0 Å². The Morgan fingerprint density at radius 1 is 1.00 bits per heavy atom. The van der Waals surface area contributed by atoms with E-state index in [-0.39, 0.29) is 17.7 Å². The first kappa shape index (κ1) is 19.9. The highest BCUT2D eigenvalue weighted by molar-refractivity contribution is 5.83. The summed E-state index contributed by atoms with van der Waals surface area (Å²) < 4.78 is 5.53. The average molecular weight is 381 g/mol. The second kappa shape index (κ2) is 9.40. The summed E-state index contributed by atoms with van der Waals surface area (Å²) in [5, 5.41) is 11.7. The molecule has 148 valence electrons. The SMILES string of the molecule is O=C(O)CCCOc1ccc(CNC(=O)C2(Cc3ccccc3)CCC2)cc1. The smallest absolute Gasteiger partial charge is 0.303 e. The molecule has 0 saturated heterocycles. The van der Waals surface area contributed by atoms with Crippen molar-refractivity contribution in [2.24, 2.45) is 5.41 Å². The average Bonchev–Trinajstić information content (AvgIpc) is 2.68. The predicted molar refractivity (Wildman–Crippen MR) is 107 cm³/mol. The number of carboxylic acid groups (broad SMARTS) is 1. The fourth-order valence-corrected chi connectivity index (χ4v) is 3.56. The van der Waals surface area contributed by atoms with Crippen LogP contribution in [0.15, 0.2) is 54.6 Å². The van der Waals surface area contributed by atoms with Crippen molar-refractivity contribution >= 4 is 11.9 Å². The molecule has 3 rings (SSSR count). The van der Waals surface area contributed by atoms with E-state index in [1.54, 1.807) is 0 Å². The maximum Gasteiger partial charge on any atom is 0.303 e. The van der Waals surface area contributed by atoms with Crippen LogP contribution in [0.3, 0.4) is 0 Å². The number of benzene rings is 2. The molecule has 1 aliphatic rings. The summed E-state index contributed by atoms with van der Waals surface area (Å²) in [6.07, 6.45) is 4.37. The number of nitrogens with one attached hydrogen (secondary N) is 1. The van der Waals surface area contributed by atoms with E-state index in [4.69, 9.17) is 9.84 Å². The third kappa shape index (κ3) is 5.35. The number of hydrogen-bond acceptors (Lipinski definition) is 3. The normalized spacial score (nSPS) is 14.7. The molecular formula is C23H27NO4. The van der Waals surface area contributed by atoms with Crippen molar-refractivity contribution in [2.75, 3.05) is 6.61 Å². The van der Waals surface area contributed by atoms with Crippen molar-refractivity contribution in [1.29, 1.82) is 0 Å². The van der Waals surface area contributed by atoms with Gasteiger partial charge in [0.2, 0.25) is 5.91 Å². The highest BCUT2D eigenvalue weighted by Gasteiger charge is 2.43. The molecule has 0 atom stereocenters. The summed E-state index contributed by atoms with van der Waals surface area (Å²) in [6, 6.07) is 17.8. The second-order valence-corrected chi connectivity index (χ2v) is 7.47. The summed E-state index contributed by atoms with van der Waals surface area (Å²) in [6.45, 7) is 0.874. The van der Waals surface area contributed by atoms with Gasteiger partial charge < -0.3 is 15.2 Å². The van der Waals surface area contributed by atoms with Crippen LogP contribution in [0, 0.1) is 5.41 Å². The number of carbonyl (C=O) groups is 2. The lowest BCUT2D eigenvalue weighted by atomic mass is 9.64. The van der Waals surface area contributed by atoms with Crippen molar-refractivity contribution < 1.29 is 19.4 Å². The molecule has 0 heterocycles. The van der Waals surface area contributed by atoms with Gasteiger partial charge in [-0.25, -0.2) is 0 Å². The Balaban J connectivity index is 1.47. The molecule has 0 aliphatic heterocycles.